The van der Waals surface area contributed by atoms with Crippen LogP contribution in [-0.4, -0.2) is 45.1 Å². The highest BCUT2D eigenvalue weighted by molar-refractivity contribution is 5.79. The third-order valence-corrected chi connectivity index (χ3v) is 4.78. The number of methoxy groups -OCH3 is 1. The fourth-order valence-corrected chi connectivity index (χ4v) is 3.12. The van der Waals surface area contributed by atoms with Crippen LogP contribution in [0.5, 0.6) is 0 Å². The number of ether oxygens (including phenoxy) is 4. The van der Waals surface area contributed by atoms with E-state index in [1.54, 1.807) is 0 Å². The van der Waals surface area contributed by atoms with Crippen LogP contribution in [0.3, 0.4) is 0 Å². The lowest BCUT2D eigenvalue weighted by molar-refractivity contribution is -0.142. The van der Waals surface area contributed by atoms with Crippen LogP contribution in [0.1, 0.15) is 25.0 Å². The van der Waals surface area contributed by atoms with Gasteiger partial charge in [0.1, 0.15) is 5.60 Å². The zero-order chi connectivity index (χ0) is 16.4. The second kappa shape index (κ2) is 6.59. The van der Waals surface area contributed by atoms with Crippen LogP contribution in [0.4, 0.5) is 0 Å². The fraction of sp³-hybridized carbons (Fsp3) is 0.611. The lowest BCUT2D eigenvalue weighted by Gasteiger charge is -2.28. The number of epoxide rings is 1. The Morgan fingerprint density at radius 2 is 2.09 bits per heavy atom. The minimum absolute atomic E-state index is 0.163. The normalized spacial score (nSPS) is 31.4. The molecule has 5 heteroatoms. The second-order valence-corrected chi connectivity index (χ2v) is 6.49. The number of hydrogen-bond donors (Lipinski definition) is 0. The number of carbonyl (C=O) groups is 1. The Morgan fingerprint density at radius 3 is 2.70 bits per heavy atom. The summed E-state index contributed by atoms with van der Waals surface area (Å²) in [6, 6.07) is 8.25. The summed E-state index contributed by atoms with van der Waals surface area (Å²) in [5.74, 6) is 0.0800. The highest BCUT2D eigenvalue weighted by Gasteiger charge is 2.59. The smallest absolute Gasteiger partial charge is 0.338 e. The summed E-state index contributed by atoms with van der Waals surface area (Å²) in [7, 11) is 1.38. The minimum Gasteiger partial charge on any atom is -0.467 e. The molecule has 5 nitrogen and oxygen atoms in total. The molecule has 0 amide bonds. The summed E-state index contributed by atoms with van der Waals surface area (Å²) in [4.78, 5) is 11.6. The summed E-state index contributed by atoms with van der Waals surface area (Å²) >= 11 is 0. The molecular formula is C18H24O5. The molecule has 1 aromatic rings. The quantitative estimate of drug-likeness (QED) is 0.614. The molecule has 4 unspecified atom stereocenters. The van der Waals surface area contributed by atoms with E-state index in [4.69, 9.17) is 18.9 Å². The van der Waals surface area contributed by atoms with E-state index in [0.717, 1.165) is 12.0 Å². The van der Waals surface area contributed by atoms with E-state index >= 15 is 0 Å². The maximum absolute atomic E-state index is 11.6. The van der Waals surface area contributed by atoms with Gasteiger partial charge in [-0.2, -0.15) is 0 Å². The van der Waals surface area contributed by atoms with Gasteiger partial charge in [0, 0.05) is 0 Å². The van der Waals surface area contributed by atoms with Gasteiger partial charge >= 0.3 is 5.97 Å². The van der Waals surface area contributed by atoms with Gasteiger partial charge in [0.2, 0.25) is 0 Å². The maximum Gasteiger partial charge on any atom is 0.338 e. The molecule has 4 atom stereocenters. The van der Waals surface area contributed by atoms with E-state index in [2.05, 4.69) is 19.1 Å². The predicted octanol–water partition coefficient (Wildman–Crippen LogP) is 2.07. The minimum atomic E-state index is -0.558. The van der Waals surface area contributed by atoms with Crippen LogP contribution < -0.4 is 0 Å². The average molecular weight is 320 g/mol. The van der Waals surface area contributed by atoms with Gasteiger partial charge in [-0.1, -0.05) is 31.2 Å². The standard InChI is InChI=1S/C18H24O5/c1-12(15-11-21-8-9-22-15)10-13-4-6-14(7-5-13)18(2)16(23-18)17(19)20-3/h4-7,12,15-16H,8-11H2,1-3H3. The highest BCUT2D eigenvalue weighted by atomic mass is 16.6. The number of esters is 1. The van der Waals surface area contributed by atoms with E-state index in [-0.39, 0.29) is 12.1 Å². The Balaban J connectivity index is 1.60. The molecule has 2 aliphatic rings. The van der Waals surface area contributed by atoms with Crippen LogP contribution in [0.15, 0.2) is 24.3 Å². The Kier molecular flexibility index (Phi) is 4.71. The second-order valence-electron chi connectivity index (χ2n) is 6.49. The third-order valence-electron chi connectivity index (χ3n) is 4.78. The van der Waals surface area contributed by atoms with E-state index < -0.39 is 11.7 Å². The molecule has 0 aliphatic carbocycles. The molecule has 0 aromatic heterocycles. The monoisotopic (exact) mass is 320 g/mol. The number of rotatable bonds is 5. The molecule has 2 saturated heterocycles. The molecule has 23 heavy (non-hydrogen) atoms. The summed E-state index contributed by atoms with van der Waals surface area (Å²) < 4.78 is 21.5. The van der Waals surface area contributed by atoms with Crippen molar-refractivity contribution in [3.63, 3.8) is 0 Å². The van der Waals surface area contributed by atoms with Crippen molar-refractivity contribution < 1.29 is 23.7 Å². The molecule has 1 aromatic carbocycles. The Hall–Kier alpha value is -1.43. The molecule has 2 heterocycles. The van der Waals surface area contributed by atoms with Crippen LogP contribution in [-0.2, 0) is 35.8 Å². The van der Waals surface area contributed by atoms with Crippen LogP contribution in [0.2, 0.25) is 0 Å². The largest absolute Gasteiger partial charge is 0.467 e. The number of hydrogen-bond acceptors (Lipinski definition) is 5. The van der Waals surface area contributed by atoms with Gasteiger partial charge in [0.05, 0.1) is 33.0 Å². The van der Waals surface area contributed by atoms with Crippen LogP contribution in [0.25, 0.3) is 0 Å². The van der Waals surface area contributed by atoms with Crippen molar-refractivity contribution in [3.8, 4) is 0 Å². The zero-order valence-electron chi connectivity index (χ0n) is 13.9. The fourth-order valence-electron chi connectivity index (χ4n) is 3.12. The molecule has 0 spiro atoms. The Morgan fingerprint density at radius 1 is 1.35 bits per heavy atom. The Labute approximate surface area is 136 Å². The number of benzene rings is 1. The first kappa shape index (κ1) is 16.4. The van der Waals surface area contributed by atoms with Gasteiger partial charge in [-0.3, -0.25) is 0 Å². The van der Waals surface area contributed by atoms with E-state index in [1.165, 1.54) is 12.7 Å². The molecule has 0 saturated carbocycles. The SMILES string of the molecule is COC(=O)C1OC1(C)c1ccc(CC(C)C2COCCO2)cc1. The lowest BCUT2D eigenvalue weighted by Crippen LogP contribution is -2.34. The van der Waals surface area contributed by atoms with Crippen molar-refractivity contribution in [1.82, 2.24) is 0 Å². The molecule has 0 radical (unpaired) electrons. The first-order valence-electron chi connectivity index (χ1n) is 8.09. The first-order valence-corrected chi connectivity index (χ1v) is 8.09. The van der Waals surface area contributed by atoms with Gasteiger partial charge in [-0.25, -0.2) is 4.79 Å². The molecule has 2 aliphatic heterocycles. The van der Waals surface area contributed by atoms with Crippen molar-refractivity contribution in [2.24, 2.45) is 5.92 Å². The van der Waals surface area contributed by atoms with Crippen molar-refractivity contribution in [1.29, 1.82) is 0 Å². The van der Waals surface area contributed by atoms with Crippen molar-refractivity contribution in [2.75, 3.05) is 26.9 Å². The zero-order valence-corrected chi connectivity index (χ0v) is 13.9. The molecule has 0 bridgehead atoms. The van der Waals surface area contributed by atoms with E-state index in [0.29, 0.717) is 25.7 Å². The predicted molar refractivity (Wildman–Crippen MR) is 84.1 cm³/mol. The molecule has 3 rings (SSSR count). The Bertz CT molecular complexity index is 549. The third kappa shape index (κ3) is 3.42. The molecule has 126 valence electrons. The first-order chi connectivity index (χ1) is 11.0. The summed E-state index contributed by atoms with van der Waals surface area (Å²) in [5.41, 5.74) is 1.69. The van der Waals surface area contributed by atoms with Gasteiger partial charge in [-0.15, -0.1) is 0 Å². The number of carbonyl (C=O) groups excluding carboxylic acids is 1. The van der Waals surface area contributed by atoms with Crippen LogP contribution >= 0.6 is 0 Å². The summed E-state index contributed by atoms with van der Waals surface area (Å²) in [5, 5.41) is 0. The molecule has 0 N–H and O–H groups in total. The topological polar surface area (TPSA) is 57.3 Å². The van der Waals surface area contributed by atoms with Crippen LogP contribution in [0, 0.1) is 5.92 Å². The van der Waals surface area contributed by atoms with Gasteiger partial charge in [-0.05, 0) is 30.4 Å². The van der Waals surface area contributed by atoms with Crippen molar-refractivity contribution >= 4 is 5.97 Å². The van der Waals surface area contributed by atoms with E-state index in [1.807, 2.05) is 19.1 Å². The summed E-state index contributed by atoms with van der Waals surface area (Å²) in [6.07, 6.45) is 0.605. The van der Waals surface area contributed by atoms with Crippen molar-refractivity contribution in [3.05, 3.63) is 35.4 Å². The summed E-state index contributed by atoms with van der Waals surface area (Å²) in [6.45, 7) is 6.15. The molecule has 2 fully saturated rings. The maximum atomic E-state index is 11.6. The van der Waals surface area contributed by atoms with Gasteiger partial charge in [0.15, 0.2) is 6.10 Å². The van der Waals surface area contributed by atoms with Gasteiger partial charge in [0.25, 0.3) is 0 Å². The van der Waals surface area contributed by atoms with Gasteiger partial charge < -0.3 is 18.9 Å². The van der Waals surface area contributed by atoms with E-state index in [9.17, 15) is 4.79 Å². The van der Waals surface area contributed by atoms with Crippen molar-refractivity contribution in [2.45, 2.75) is 38.1 Å². The average Bonchev–Trinajstić information content (AvgIpc) is 3.28. The highest BCUT2D eigenvalue weighted by Crippen LogP contribution is 2.46. The lowest BCUT2D eigenvalue weighted by atomic mass is 9.92. The molecular weight excluding hydrogens is 296 g/mol.